The molecule has 0 aromatic heterocycles. The standard InChI is InChI=1S/C21H25FN2O2/c1-15(2)17-10-7-16(8-11-17)9-12-20(25)23-13-14-24-21(26)18-5-3-4-6-19(18)22/h3-8,10-11,15H,9,12-14H2,1-2H3,(H,23,25)(H,24,26). The minimum atomic E-state index is -0.558. The Morgan fingerprint density at radius 3 is 2.27 bits per heavy atom. The largest absolute Gasteiger partial charge is 0.354 e. The molecule has 0 spiro atoms. The highest BCUT2D eigenvalue weighted by atomic mass is 19.1. The van der Waals surface area contributed by atoms with E-state index >= 15 is 0 Å². The summed E-state index contributed by atoms with van der Waals surface area (Å²) in [5.41, 5.74) is 2.41. The van der Waals surface area contributed by atoms with Gasteiger partial charge in [0.2, 0.25) is 5.91 Å². The molecule has 0 fully saturated rings. The number of rotatable bonds is 8. The smallest absolute Gasteiger partial charge is 0.254 e. The van der Waals surface area contributed by atoms with Crippen LogP contribution >= 0.6 is 0 Å². The first-order valence-corrected chi connectivity index (χ1v) is 8.85. The summed E-state index contributed by atoms with van der Waals surface area (Å²) in [6.07, 6.45) is 1.06. The molecule has 0 aliphatic heterocycles. The topological polar surface area (TPSA) is 58.2 Å². The zero-order valence-electron chi connectivity index (χ0n) is 15.2. The third-order valence-corrected chi connectivity index (χ3v) is 4.14. The Morgan fingerprint density at radius 2 is 1.62 bits per heavy atom. The fourth-order valence-corrected chi connectivity index (χ4v) is 2.53. The third-order valence-electron chi connectivity index (χ3n) is 4.14. The van der Waals surface area contributed by atoms with E-state index in [4.69, 9.17) is 0 Å². The zero-order valence-corrected chi connectivity index (χ0v) is 15.2. The van der Waals surface area contributed by atoms with Crippen LogP contribution in [0.25, 0.3) is 0 Å². The van der Waals surface area contributed by atoms with Crippen LogP contribution in [0.3, 0.4) is 0 Å². The van der Waals surface area contributed by atoms with Crippen molar-refractivity contribution < 1.29 is 14.0 Å². The van der Waals surface area contributed by atoms with Gasteiger partial charge >= 0.3 is 0 Å². The van der Waals surface area contributed by atoms with E-state index < -0.39 is 11.7 Å². The van der Waals surface area contributed by atoms with Gasteiger partial charge in [0.25, 0.3) is 5.91 Å². The van der Waals surface area contributed by atoms with E-state index in [2.05, 4.69) is 48.7 Å². The summed E-state index contributed by atoms with van der Waals surface area (Å²) in [4.78, 5) is 23.7. The second-order valence-electron chi connectivity index (χ2n) is 6.48. The number of aryl methyl sites for hydroxylation is 1. The molecule has 2 amide bonds. The van der Waals surface area contributed by atoms with Gasteiger partial charge in [0, 0.05) is 19.5 Å². The van der Waals surface area contributed by atoms with Crippen molar-refractivity contribution in [2.75, 3.05) is 13.1 Å². The summed E-state index contributed by atoms with van der Waals surface area (Å²) in [6, 6.07) is 14.1. The monoisotopic (exact) mass is 356 g/mol. The molecule has 0 saturated heterocycles. The van der Waals surface area contributed by atoms with Crippen LogP contribution in [-0.2, 0) is 11.2 Å². The van der Waals surface area contributed by atoms with Crippen molar-refractivity contribution in [3.05, 3.63) is 71.0 Å². The molecular formula is C21H25FN2O2. The molecule has 0 aliphatic rings. The molecule has 5 heteroatoms. The highest BCUT2D eigenvalue weighted by Gasteiger charge is 2.10. The SMILES string of the molecule is CC(C)c1ccc(CCC(=O)NCCNC(=O)c2ccccc2F)cc1. The first-order chi connectivity index (χ1) is 12.5. The van der Waals surface area contributed by atoms with Crippen LogP contribution in [0.2, 0.25) is 0 Å². The molecule has 0 radical (unpaired) electrons. The van der Waals surface area contributed by atoms with Gasteiger partial charge in [-0.1, -0.05) is 50.2 Å². The first kappa shape index (κ1) is 19.6. The van der Waals surface area contributed by atoms with E-state index in [1.807, 2.05) is 0 Å². The second kappa shape index (κ2) is 9.70. The van der Waals surface area contributed by atoms with E-state index in [1.165, 1.54) is 23.8 Å². The minimum absolute atomic E-state index is 0.00340. The van der Waals surface area contributed by atoms with Gasteiger partial charge in [-0.05, 0) is 35.6 Å². The van der Waals surface area contributed by atoms with Crippen molar-refractivity contribution in [1.29, 1.82) is 0 Å². The summed E-state index contributed by atoms with van der Waals surface area (Å²) in [7, 11) is 0. The molecule has 0 saturated carbocycles. The number of benzene rings is 2. The maximum atomic E-state index is 13.5. The lowest BCUT2D eigenvalue weighted by Gasteiger charge is -2.09. The highest BCUT2D eigenvalue weighted by molar-refractivity contribution is 5.94. The number of halogens is 1. The quantitative estimate of drug-likeness (QED) is 0.712. The molecule has 0 aliphatic carbocycles. The summed E-state index contributed by atoms with van der Waals surface area (Å²) in [6.45, 7) is 4.86. The Morgan fingerprint density at radius 1 is 0.962 bits per heavy atom. The van der Waals surface area contributed by atoms with Gasteiger partial charge in [-0.2, -0.15) is 0 Å². The number of hydrogen-bond donors (Lipinski definition) is 2. The van der Waals surface area contributed by atoms with Crippen LogP contribution in [0.4, 0.5) is 4.39 Å². The Labute approximate surface area is 153 Å². The summed E-state index contributed by atoms with van der Waals surface area (Å²) in [5, 5.41) is 5.35. The van der Waals surface area contributed by atoms with Crippen LogP contribution in [0.1, 0.15) is 47.7 Å². The van der Waals surface area contributed by atoms with E-state index in [-0.39, 0.29) is 18.0 Å². The Balaban J connectivity index is 1.66. The maximum Gasteiger partial charge on any atom is 0.254 e. The van der Waals surface area contributed by atoms with Crippen molar-refractivity contribution in [3.8, 4) is 0 Å². The molecule has 138 valence electrons. The first-order valence-electron chi connectivity index (χ1n) is 8.85. The summed E-state index contributed by atoms with van der Waals surface area (Å²) < 4.78 is 13.5. The van der Waals surface area contributed by atoms with E-state index in [0.717, 1.165) is 5.56 Å². The van der Waals surface area contributed by atoms with Crippen LogP contribution in [-0.4, -0.2) is 24.9 Å². The molecule has 2 N–H and O–H groups in total. The molecule has 26 heavy (non-hydrogen) atoms. The van der Waals surface area contributed by atoms with Crippen LogP contribution in [0.5, 0.6) is 0 Å². The van der Waals surface area contributed by atoms with Gasteiger partial charge < -0.3 is 10.6 Å². The van der Waals surface area contributed by atoms with Crippen LogP contribution in [0.15, 0.2) is 48.5 Å². The van der Waals surface area contributed by atoms with Gasteiger partial charge in [-0.3, -0.25) is 9.59 Å². The van der Waals surface area contributed by atoms with E-state index in [9.17, 15) is 14.0 Å². The predicted molar refractivity (Wildman–Crippen MR) is 101 cm³/mol. The maximum absolute atomic E-state index is 13.5. The highest BCUT2D eigenvalue weighted by Crippen LogP contribution is 2.15. The van der Waals surface area contributed by atoms with Gasteiger partial charge in [0.05, 0.1) is 5.56 Å². The molecule has 0 unspecified atom stereocenters. The molecule has 0 heterocycles. The number of nitrogens with one attached hydrogen (secondary N) is 2. The Kier molecular flexibility index (Phi) is 7.33. The van der Waals surface area contributed by atoms with Crippen LogP contribution < -0.4 is 10.6 Å². The predicted octanol–water partition coefficient (Wildman–Crippen LogP) is 3.43. The minimum Gasteiger partial charge on any atom is -0.354 e. The average molecular weight is 356 g/mol. The van der Waals surface area contributed by atoms with Gasteiger partial charge in [0.15, 0.2) is 0 Å². The van der Waals surface area contributed by atoms with E-state index in [1.54, 1.807) is 6.07 Å². The van der Waals surface area contributed by atoms with Crippen molar-refractivity contribution >= 4 is 11.8 Å². The molecule has 2 aromatic rings. The normalized spacial score (nSPS) is 10.6. The molecule has 0 atom stereocenters. The number of hydrogen-bond acceptors (Lipinski definition) is 2. The Bertz CT molecular complexity index is 742. The van der Waals surface area contributed by atoms with Crippen molar-refractivity contribution in [1.82, 2.24) is 10.6 Å². The van der Waals surface area contributed by atoms with Crippen LogP contribution in [0, 0.1) is 5.82 Å². The molecule has 2 aromatic carbocycles. The zero-order chi connectivity index (χ0) is 18.9. The summed E-state index contributed by atoms with van der Waals surface area (Å²) >= 11 is 0. The van der Waals surface area contributed by atoms with Gasteiger partial charge in [-0.25, -0.2) is 4.39 Å². The molecule has 4 nitrogen and oxygen atoms in total. The lowest BCUT2D eigenvalue weighted by atomic mass is 10.0. The third kappa shape index (κ3) is 5.99. The van der Waals surface area contributed by atoms with E-state index in [0.29, 0.717) is 25.3 Å². The number of carbonyl (C=O) groups is 2. The molecule has 0 bridgehead atoms. The van der Waals surface area contributed by atoms with Crippen molar-refractivity contribution in [2.24, 2.45) is 0 Å². The number of carbonyl (C=O) groups excluding carboxylic acids is 2. The Hall–Kier alpha value is -2.69. The van der Waals surface area contributed by atoms with Gasteiger partial charge in [0.1, 0.15) is 5.82 Å². The number of amides is 2. The molecular weight excluding hydrogens is 331 g/mol. The lowest BCUT2D eigenvalue weighted by molar-refractivity contribution is -0.121. The lowest BCUT2D eigenvalue weighted by Crippen LogP contribution is -2.35. The fraction of sp³-hybridized carbons (Fsp3) is 0.333. The van der Waals surface area contributed by atoms with Gasteiger partial charge in [-0.15, -0.1) is 0 Å². The summed E-state index contributed by atoms with van der Waals surface area (Å²) in [5.74, 6) is -0.620. The van der Waals surface area contributed by atoms with Crippen molar-refractivity contribution in [2.45, 2.75) is 32.6 Å². The molecule has 2 rings (SSSR count). The second-order valence-corrected chi connectivity index (χ2v) is 6.48. The average Bonchev–Trinajstić information content (AvgIpc) is 2.64. The fourth-order valence-electron chi connectivity index (χ4n) is 2.53. The van der Waals surface area contributed by atoms with Crippen molar-refractivity contribution in [3.63, 3.8) is 0 Å².